The molecule has 0 aliphatic heterocycles. The van der Waals surface area contributed by atoms with E-state index in [1.54, 1.807) is 53.1 Å². The first-order valence-corrected chi connectivity index (χ1v) is 19.4. The van der Waals surface area contributed by atoms with Crippen LogP contribution in [0.25, 0.3) is 72.7 Å². The summed E-state index contributed by atoms with van der Waals surface area (Å²) in [6.07, 6.45) is 1.50. The van der Waals surface area contributed by atoms with E-state index in [0.717, 1.165) is 22.3 Å². The number of imidazole rings is 1. The second-order valence-corrected chi connectivity index (χ2v) is 16.2. The summed E-state index contributed by atoms with van der Waals surface area (Å²) in [6.45, 7) is 8.53. The number of phenolic OH excluding ortho intramolecular Hbond substituents is 1. The third-order valence-electron chi connectivity index (χ3n) is 10.6. The maximum absolute atomic E-state index is 11.4. The molecule has 8 aromatic rings. The Morgan fingerprint density at radius 1 is 0.746 bits per heavy atom. The minimum atomic E-state index is -2.85. The summed E-state index contributed by atoms with van der Waals surface area (Å²) in [5.41, 5.74) is 7.39. The van der Waals surface area contributed by atoms with Gasteiger partial charge < -0.3 is 5.11 Å². The van der Waals surface area contributed by atoms with Gasteiger partial charge in [0.25, 0.3) is 0 Å². The van der Waals surface area contributed by atoms with Gasteiger partial charge in [0, 0.05) is 42.6 Å². The van der Waals surface area contributed by atoms with Crippen molar-refractivity contribution in [3.8, 4) is 67.5 Å². The van der Waals surface area contributed by atoms with Crippen LogP contribution in [0.15, 0.2) is 133 Å². The third kappa shape index (κ3) is 8.08. The van der Waals surface area contributed by atoms with Crippen LogP contribution in [0, 0.1) is 19.8 Å². The van der Waals surface area contributed by atoms with Crippen molar-refractivity contribution in [2.24, 2.45) is 0 Å². The molecule has 4 nitrogen and oxygen atoms in total. The van der Waals surface area contributed by atoms with Crippen LogP contribution in [0.5, 0.6) is 5.75 Å². The van der Waals surface area contributed by atoms with Crippen molar-refractivity contribution in [1.82, 2.24) is 14.5 Å². The summed E-state index contributed by atoms with van der Waals surface area (Å²) in [6, 6.07) is 32.1. The summed E-state index contributed by atoms with van der Waals surface area (Å²) < 4.78 is 96.0. The minimum Gasteiger partial charge on any atom is -0.507 e. The van der Waals surface area contributed by atoms with Crippen molar-refractivity contribution in [1.29, 1.82) is 0 Å². The van der Waals surface area contributed by atoms with Gasteiger partial charge in [-0.1, -0.05) is 144 Å². The van der Waals surface area contributed by atoms with Crippen molar-refractivity contribution >= 4 is 11.0 Å². The van der Waals surface area contributed by atoms with E-state index in [9.17, 15) is 5.11 Å². The molecule has 0 aliphatic rings. The molecule has 0 radical (unpaired) electrons. The van der Waals surface area contributed by atoms with Gasteiger partial charge in [0.05, 0.1) is 27.8 Å². The van der Waals surface area contributed by atoms with Crippen LogP contribution in [0.3, 0.4) is 0 Å². The Kier molecular flexibility index (Phi) is 8.32. The number of fused-ring (bicyclic) bond motifs is 1. The molecule has 0 spiro atoms. The number of hydrogen-bond donors (Lipinski definition) is 1. The Hall–Kier alpha value is -5.57. The third-order valence-corrected chi connectivity index (χ3v) is 10.6. The maximum atomic E-state index is 11.4. The fraction of sp³-hybridized carbons (Fsp3) is 0.222. The zero-order valence-electron chi connectivity index (χ0n) is 45.1. The first-order chi connectivity index (χ1) is 32.2. The average molecular weight is 965 g/mol. The van der Waals surface area contributed by atoms with E-state index in [1.807, 2.05) is 68.4 Å². The van der Waals surface area contributed by atoms with Gasteiger partial charge >= 0.3 is 0 Å². The van der Waals surface area contributed by atoms with Crippen LogP contribution in [0.4, 0.5) is 0 Å². The Bertz CT molecular complexity index is 3300. The molecule has 59 heavy (non-hydrogen) atoms. The second kappa shape index (κ2) is 16.6. The van der Waals surface area contributed by atoms with Crippen molar-refractivity contribution < 1.29 is 41.3 Å². The summed E-state index contributed by atoms with van der Waals surface area (Å²) in [5, 5.41) is 11.4. The number of para-hydroxylation sites is 2. The number of nitrogens with zero attached hydrogens (tertiary/aromatic N) is 3. The Morgan fingerprint density at radius 3 is 2.19 bits per heavy atom. The van der Waals surface area contributed by atoms with Crippen molar-refractivity contribution in [3.63, 3.8) is 0 Å². The molecule has 6 aromatic carbocycles. The minimum absolute atomic E-state index is 0. The molecule has 300 valence electrons. The van der Waals surface area contributed by atoms with Gasteiger partial charge in [-0.15, -0.1) is 29.3 Å². The first kappa shape index (κ1) is 29.6. The number of aromatic nitrogens is 3. The molecule has 8 rings (SSSR count). The van der Waals surface area contributed by atoms with E-state index in [-0.39, 0.29) is 43.9 Å². The average Bonchev–Trinajstić information content (AvgIpc) is 3.66. The molecule has 0 fully saturated rings. The van der Waals surface area contributed by atoms with Crippen molar-refractivity contribution in [3.05, 3.63) is 167 Å². The number of hydrogen-bond acceptors (Lipinski definition) is 3. The van der Waals surface area contributed by atoms with E-state index in [0.29, 0.717) is 61.6 Å². The standard InChI is InChI=1S/C54H52N3O.Pt/c1-33(2)43-15-12-16-44(34(3)4)51(43)39-24-25-48(36(6)28-39)57-49-18-13-17-45(52(49)56-53(57)46-14-10-11-19-50(46)58)40-29-41(31-42(30-40)54(7,8)9)47-32-38(26-27-55-47)37-22-20-35(5)21-23-37;/h10-28,30-34,58H,1-9H3;/q-1;/i5D3,6D3,20D,21D,22D,23D,33D;. The molecule has 0 unspecified atom stereocenters. The van der Waals surface area contributed by atoms with Crippen LogP contribution < -0.4 is 0 Å². The van der Waals surface area contributed by atoms with Gasteiger partial charge in [0.1, 0.15) is 11.6 Å². The molecule has 2 heterocycles. The quantitative estimate of drug-likeness (QED) is 0.154. The summed E-state index contributed by atoms with van der Waals surface area (Å²) in [4.78, 5) is 9.90. The van der Waals surface area contributed by atoms with Gasteiger partial charge in [0.2, 0.25) is 0 Å². The number of aromatic hydroxyl groups is 1. The smallest absolute Gasteiger partial charge is 0.148 e. The number of rotatable bonds is 8. The SMILES string of the molecule is [2H]c1c([2H])c(C([2H])([2H])[2H])c([2H])c([2H])c1-c1ccnc(-c2[c-]c(-c3cccc4c3nc(-c3ccccc3O)n4-c3ccc(-c4c(C(C)C)cccc4C([2H])(C)C)cc3C([2H])([2H])[2H])cc(C(C)(C)C)c2)c1.[Pt]. The largest absolute Gasteiger partial charge is 0.507 e. The van der Waals surface area contributed by atoms with Gasteiger partial charge in [-0.3, -0.25) is 9.55 Å². The number of benzene rings is 6. The molecule has 0 atom stereocenters. The Labute approximate surface area is 379 Å². The first-order valence-electron chi connectivity index (χ1n) is 24.9. The summed E-state index contributed by atoms with van der Waals surface area (Å²) in [5.74, 6) is -0.659. The molecule has 0 saturated carbocycles. The molecule has 0 amide bonds. The molecule has 0 saturated heterocycles. The van der Waals surface area contributed by atoms with Crippen molar-refractivity contribution in [2.75, 3.05) is 0 Å². The normalized spacial score (nSPS) is 15.0. The molecule has 5 heteroatoms. The monoisotopic (exact) mass is 964 g/mol. The second-order valence-electron chi connectivity index (χ2n) is 16.2. The fourth-order valence-electron chi connectivity index (χ4n) is 7.56. The molecular formula is C54H52N3OPt-. The number of pyridine rings is 1. The van der Waals surface area contributed by atoms with E-state index >= 15 is 0 Å². The van der Waals surface area contributed by atoms with Crippen LogP contribution in [-0.2, 0) is 26.5 Å². The molecule has 0 bridgehead atoms. The van der Waals surface area contributed by atoms with E-state index < -0.39 is 54.7 Å². The predicted octanol–water partition coefficient (Wildman–Crippen LogP) is 14.4. The summed E-state index contributed by atoms with van der Waals surface area (Å²) >= 11 is 0. The maximum Gasteiger partial charge on any atom is 0.148 e. The topological polar surface area (TPSA) is 50.9 Å². The van der Waals surface area contributed by atoms with Gasteiger partial charge in [-0.25, -0.2) is 4.98 Å². The predicted molar refractivity (Wildman–Crippen MR) is 243 cm³/mol. The molecule has 1 N–H and O–H groups in total. The molecule has 2 aromatic heterocycles. The van der Waals surface area contributed by atoms with E-state index in [2.05, 4.69) is 45.7 Å². The van der Waals surface area contributed by atoms with Crippen molar-refractivity contribution in [2.45, 2.75) is 79.4 Å². The Morgan fingerprint density at radius 2 is 1.47 bits per heavy atom. The van der Waals surface area contributed by atoms with Gasteiger partial charge in [-0.2, -0.15) is 0 Å². The molecular weight excluding hydrogens is 902 g/mol. The fourth-order valence-corrected chi connectivity index (χ4v) is 7.56. The van der Waals surface area contributed by atoms with Crippen LogP contribution in [-0.4, -0.2) is 19.6 Å². The van der Waals surface area contributed by atoms with Gasteiger partial charge in [0.15, 0.2) is 0 Å². The Balaban J connectivity index is 0.00000722. The van der Waals surface area contributed by atoms with E-state index in [1.165, 1.54) is 6.20 Å². The van der Waals surface area contributed by atoms with Crippen LogP contribution in [0.1, 0.15) is 103 Å². The zero-order chi connectivity index (χ0) is 50.3. The van der Waals surface area contributed by atoms with Crippen LogP contribution >= 0.6 is 0 Å². The summed E-state index contributed by atoms with van der Waals surface area (Å²) in [7, 11) is 0. The van der Waals surface area contributed by atoms with E-state index in [4.69, 9.17) is 20.1 Å². The zero-order valence-corrected chi connectivity index (χ0v) is 36.3. The number of aryl methyl sites for hydroxylation is 1. The molecule has 0 aliphatic carbocycles. The van der Waals surface area contributed by atoms with Crippen LogP contribution in [0.2, 0.25) is 0 Å². The van der Waals surface area contributed by atoms with Gasteiger partial charge in [-0.05, 0) is 106 Å². The number of phenols is 1.